The summed E-state index contributed by atoms with van der Waals surface area (Å²) in [5, 5.41) is 23.1. The van der Waals surface area contributed by atoms with Gasteiger partial charge in [0.15, 0.2) is 0 Å². The summed E-state index contributed by atoms with van der Waals surface area (Å²) in [5.41, 5.74) is -0.594. The molecular formula is C24H41NO4. The van der Waals surface area contributed by atoms with Gasteiger partial charge in [-0.05, 0) is 82.6 Å². The van der Waals surface area contributed by atoms with Crippen LogP contribution in [-0.2, 0) is 9.53 Å². The van der Waals surface area contributed by atoms with Crippen molar-refractivity contribution in [1.29, 1.82) is 0 Å². The fourth-order valence-corrected chi connectivity index (χ4v) is 5.82. The van der Waals surface area contributed by atoms with E-state index < -0.39 is 11.6 Å². The van der Waals surface area contributed by atoms with E-state index in [-0.39, 0.29) is 6.42 Å². The third-order valence-electron chi connectivity index (χ3n) is 7.55. The number of fused-ring (bicyclic) bond motifs is 2. The average Bonchev–Trinajstić information content (AvgIpc) is 3.30. The SMILES string of the molecule is CC(O)(CNCC[C@H]1[C@@H](C/C=C\CCCC(=O)O)[C@H]2CC[C@@H]1O2)C1CCCCC1. The van der Waals surface area contributed by atoms with Crippen LogP contribution < -0.4 is 5.32 Å². The molecule has 3 N–H and O–H groups in total. The molecule has 5 nitrogen and oxygen atoms in total. The van der Waals surface area contributed by atoms with Crippen LogP contribution in [0.25, 0.3) is 0 Å². The molecule has 2 heterocycles. The highest BCUT2D eigenvalue weighted by molar-refractivity contribution is 5.66. The molecule has 1 aliphatic carbocycles. The Kier molecular flexibility index (Phi) is 8.57. The predicted molar refractivity (Wildman–Crippen MR) is 115 cm³/mol. The molecule has 1 unspecified atom stereocenters. The van der Waals surface area contributed by atoms with Crippen molar-refractivity contribution in [2.45, 2.75) is 102 Å². The standard InChI is InChI=1S/C24H41NO4/c1-24(28,18-9-5-4-6-10-18)17-25-16-15-20-19(21-13-14-22(20)29-21)11-7-2-3-8-12-23(26)27/h2,7,18-22,25,28H,3-6,8-17H2,1H3,(H,26,27)/b7-2-/t19-,20+,21-,22+,24?/m1/s1. The molecular weight excluding hydrogens is 366 g/mol. The Morgan fingerprint density at radius 2 is 1.83 bits per heavy atom. The summed E-state index contributed by atoms with van der Waals surface area (Å²) in [6.45, 7) is 3.64. The summed E-state index contributed by atoms with van der Waals surface area (Å²) in [5.74, 6) is 0.915. The number of carbonyl (C=O) groups is 1. The Morgan fingerprint density at radius 3 is 2.55 bits per heavy atom. The smallest absolute Gasteiger partial charge is 0.303 e. The van der Waals surface area contributed by atoms with Crippen LogP contribution in [0.1, 0.15) is 84.0 Å². The van der Waals surface area contributed by atoms with E-state index in [0.29, 0.717) is 42.9 Å². The number of unbranched alkanes of at least 4 members (excludes halogenated alkanes) is 1. The number of ether oxygens (including phenoxy) is 1. The van der Waals surface area contributed by atoms with E-state index >= 15 is 0 Å². The lowest BCUT2D eigenvalue weighted by atomic mass is 9.75. The largest absolute Gasteiger partial charge is 0.481 e. The monoisotopic (exact) mass is 407 g/mol. The molecule has 3 fully saturated rings. The van der Waals surface area contributed by atoms with Crippen molar-refractivity contribution in [3.63, 3.8) is 0 Å². The second-order valence-corrected chi connectivity index (χ2v) is 9.77. The summed E-state index contributed by atoms with van der Waals surface area (Å²) in [6.07, 6.45) is 17.7. The first-order valence-corrected chi connectivity index (χ1v) is 11.9. The number of aliphatic carboxylic acids is 1. The molecule has 29 heavy (non-hydrogen) atoms. The second-order valence-electron chi connectivity index (χ2n) is 9.77. The molecule has 5 heteroatoms. The van der Waals surface area contributed by atoms with Gasteiger partial charge in [0.05, 0.1) is 17.8 Å². The molecule has 0 aromatic carbocycles. The molecule has 2 saturated heterocycles. The highest BCUT2D eigenvalue weighted by Gasteiger charge is 2.47. The van der Waals surface area contributed by atoms with Crippen LogP contribution in [0.2, 0.25) is 0 Å². The number of carboxylic acid groups (broad SMARTS) is 1. The van der Waals surface area contributed by atoms with Gasteiger partial charge < -0.3 is 20.3 Å². The minimum absolute atomic E-state index is 0.251. The number of aliphatic hydroxyl groups is 1. The molecule has 0 radical (unpaired) electrons. The highest BCUT2D eigenvalue weighted by Crippen LogP contribution is 2.46. The van der Waals surface area contributed by atoms with Crippen LogP contribution in [-0.4, -0.2) is 47.1 Å². The van der Waals surface area contributed by atoms with Crippen LogP contribution in [0.15, 0.2) is 12.2 Å². The number of hydrogen-bond donors (Lipinski definition) is 3. The molecule has 3 aliphatic rings. The highest BCUT2D eigenvalue weighted by atomic mass is 16.5. The van der Waals surface area contributed by atoms with Gasteiger partial charge >= 0.3 is 5.97 Å². The first-order chi connectivity index (χ1) is 14.0. The summed E-state index contributed by atoms with van der Waals surface area (Å²) in [7, 11) is 0. The average molecular weight is 408 g/mol. The lowest BCUT2D eigenvalue weighted by Gasteiger charge is -2.36. The Balaban J connectivity index is 1.38. The van der Waals surface area contributed by atoms with Crippen LogP contribution in [0.4, 0.5) is 0 Å². The minimum Gasteiger partial charge on any atom is -0.481 e. The molecule has 0 spiro atoms. The fourth-order valence-electron chi connectivity index (χ4n) is 5.82. The molecule has 2 bridgehead atoms. The van der Waals surface area contributed by atoms with Crippen molar-refractivity contribution in [2.24, 2.45) is 17.8 Å². The van der Waals surface area contributed by atoms with Crippen LogP contribution in [0.3, 0.4) is 0 Å². The maximum absolute atomic E-state index is 10.9. The molecule has 0 amide bonds. The van der Waals surface area contributed by atoms with Gasteiger partial charge in [-0.2, -0.15) is 0 Å². The number of rotatable bonds is 12. The van der Waals surface area contributed by atoms with Crippen molar-refractivity contribution in [2.75, 3.05) is 13.1 Å². The van der Waals surface area contributed by atoms with E-state index in [1.165, 1.54) is 32.1 Å². The molecule has 1 saturated carbocycles. The van der Waals surface area contributed by atoms with Gasteiger partial charge in [-0.15, -0.1) is 0 Å². The zero-order valence-corrected chi connectivity index (χ0v) is 18.2. The second kappa shape index (κ2) is 10.9. The zero-order valence-electron chi connectivity index (χ0n) is 18.2. The van der Waals surface area contributed by atoms with E-state index in [2.05, 4.69) is 17.5 Å². The minimum atomic E-state index is -0.713. The summed E-state index contributed by atoms with van der Waals surface area (Å²) in [4.78, 5) is 10.6. The third-order valence-corrected chi connectivity index (χ3v) is 7.55. The zero-order chi connectivity index (χ0) is 20.7. The van der Waals surface area contributed by atoms with E-state index in [4.69, 9.17) is 9.84 Å². The Hall–Kier alpha value is -0.910. The molecule has 3 rings (SSSR count). The summed E-state index contributed by atoms with van der Waals surface area (Å²) in [6, 6.07) is 0. The van der Waals surface area contributed by atoms with Crippen LogP contribution in [0, 0.1) is 17.8 Å². The van der Waals surface area contributed by atoms with E-state index in [0.717, 1.165) is 38.6 Å². The van der Waals surface area contributed by atoms with E-state index in [1.54, 1.807) is 0 Å². The first-order valence-electron chi connectivity index (χ1n) is 11.9. The van der Waals surface area contributed by atoms with Crippen LogP contribution >= 0.6 is 0 Å². The Labute approximate surface area is 176 Å². The van der Waals surface area contributed by atoms with Crippen molar-refractivity contribution in [3.8, 4) is 0 Å². The van der Waals surface area contributed by atoms with Gasteiger partial charge in [-0.1, -0.05) is 31.4 Å². The van der Waals surface area contributed by atoms with E-state index in [1.807, 2.05) is 6.92 Å². The number of nitrogens with one attached hydrogen (secondary N) is 1. The van der Waals surface area contributed by atoms with Crippen LogP contribution in [0.5, 0.6) is 0 Å². The van der Waals surface area contributed by atoms with E-state index in [9.17, 15) is 9.90 Å². The molecule has 0 aromatic heterocycles. The van der Waals surface area contributed by atoms with Crippen molar-refractivity contribution >= 4 is 5.97 Å². The lowest BCUT2D eigenvalue weighted by Crippen LogP contribution is -2.45. The first kappa shape index (κ1) is 22.8. The normalized spacial score (nSPS) is 32.1. The maximum Gasteiger partial charge on any atom is 0.303 e. The van der Waals surface area contributed by atoms with Gasteiger partial charge in [-0.3, -0.25) is 4.79 Å². The van der Waals surface area contributed by atoms with Gasteiger partial charge in [0, 0.05) is 13.0 Å². The lowest BCUT2D eigenvalue weighted by molar-refractivity contribution is -0.137. The quantitative estimate of drug-likeness (QED) is 0.332. The van der Waals surface area contributed by atoms with Crippen molar-refractivity contribution < 1.29 is 19.7 Å². The van der Waals surface area contributed by atoms with Gasteiger partial charge in [-0.25, -0.2) is 0 Å². The number of hydrogen-bond acceptors (Lipinski definition) is 4. The number of carboxylic acids is 1. The van der Waals surface area contributed by atoms with Crippen molar-refractivity contribution in [3.05, 3.63) is 12.2 Å². The molecule has 166 valence electrons. The topological polar surface area (TPSA) is 78.8 Å². The molecule has 2 aliphatic heterocycles. The Morgan fingerprint density at radius 1 is 1.10 bits per heavy atom. The van der Waals surface area contributed by atoms with Gasteiger partial charge in [0.25, 0.3) is 0 Å². The fraction of sp³-hybridized carbons (Fsp3) is 0.875. The summed E-state index contributed by atoms with van der Waals surface area (Å²) < 4.78 is 6.21. The molecule has 5 atom stereocenters. The third kappa shape index (κ3) is 6.53. The molecule has 0 aromatic rings. The number of allylic oxidation sites excluding steroid dienone is 2. The van der Waals surface area contributed by atoms with Crippen molar-refractivity contribution in [1.82, 2.24) is 5.32 Å². The summed E-state index contributed by atoms with van der Waals surface area (Å²) >= 11 is 0. The maximum atomic E-state index is 10.9. The Bertz CT molecular complexity index is 541. The van der Waals surface area contributed by atoms with Gasteiger partial charge in [0.2, 0.25) is 0 Å². The predicted octanol–water partition coefficient (Wildman–Crippen LogP) is 4.29. The van der Waals surface area contributed by atoms with Gasteiger partial charge in [0.1, 0.15) is 0 Å².